The first kappa shape index (κ1) is 18.6. The number of esters is 1. The van der Waals surface area contributed by atoms with E-state index in [1.54, 1.807) is 18.5 Å². The zero-order chi connectivity index (χ0) is 17.7. The Hall–Kier alpha value is -2.76. The standard InChI is InChI=1S/C19H23N3O3/c1-2-24-17(23)12-7-4-8-15-25-22-18(16-10-5-3-6-11-16)19-20-13-9-14-21-19/h3,5-6,9-11,13-14H,2,4,7-8,12,15H2,1H3/b22-18+. The van der Waals surface area contributed by atoms with Gasteiger partial charge in [0.15, 0.2) is 11.5 Å². The van der Waals surface area contributed by atoms with E-state index >= 15 is 0 Å². The topological polar surface area (TPSA) is 73.7 Å². The Labute approximate surface area is 147 Å². The zero-order valence-electron chi connectivity index (χ0n) is 14.4. The lowest BCUT2D eigenvalue weighted by Crippen LogP contribution is -2.09. The second-order valence-corrected chi connectivity index (χ2v) is 5.33. The van der Waals surface area contributed by atoms with E-state index in [0.29, 0.717) is 31.2 Å². The molecule has 0 atom stereocenters. The number of rotatable bonds is 10. The molecule has 0 fully saturated rings. The Morgan fingerprint density at radius 3 is 2.52 bits per heavy atom. The molecule has 1 aromatic heterocycles. The van der Waals surface area contributed by atoms with Crippen LogP contribution in [0.25, 0.3) is 0 Å². The highest BCUT2D eigenvalue weighted by Gasteiger charge is 2.10. The fourth-order valence-corrected chi connectivity index (χ4v) is 2.20. The molecule has 0 radical (unpaired) electrons. The molecule has 0 amide bonds. The van der Waals surface area contributed by atoms with Crippen molar-refractivity contribution in [3.05, 3.63) is 60.2 Å². The summed E-state index contributed by atoms with van der Waals surface area (Å²) in [5.74, 6) is 0.380. The van der Waals surface area contributed by atoms with Crippen molar-refractivity contribution in [1.29, 1.82) is 0 Å². The number of carbonyl (C=O) groups is 1. The molecule has 0 spiro atoms. The SMILES string of the molecule is CCOC(=O)CCCCCO/N=C(\c1ccccc1)c1ncccn1. The maximum atomic E-state index is 11.2. The van der Waals surface area contributed by atoms with Crippen LogP contribution in [0, 0.1) is 0 Å². The molecular formula is C19H23N3O3. The Morgan fingerprint density at radius 1 is 1.04 bits per heavy atom. The number of nitrogens with zero attached hydrogens (tertiary/aromatic N) is 3. The quantitative estimate of drug-likeness (QED) is 0.287. The van der Waals surface area contributed by atoms with Gasteiger partial charge in [-0.15, -0.1) is 0 Å². The van der Waals surface area contributed by atoms with E-state index in [1.165, 1.54) is 0 Å². The summed E-state index contributed by atoms with van der Waals surface area (Å²) in [6, 6.07) is 11.5. The lowest BCUT2D eigenvalue weighted by molar-refractivity contribution is -0.143. The van der Waals surface area contributed by atoms with Gasteiger partial charge in [-0.25, -0.2) is 9.97 Å². The number of hydrogen-bond donors (Lipinski definition) is 0. The van der Waals surface area contributed by atoms with Crippen LogP contribution in [0.5, 0.6) is 0 Å². The van der Waals surface area contributed by atoms with Crippen molar-refractivity contribution in [2.75, 3.05) is 13.2 Å². The molecule has 0 aliphatic carbocycles. The van der Waals surface area contributed by atoms with E-state index in [4.69, 9.17) is 9.57 Å². The van der Waals surface area contributed by atoms with Crippen molar-refractivity contribution in [3.8, 4) is 0 Å². The zero-order valence-corrected chi connectivity index (χ0v) is 14.4. The molecule has 0 saturated carbocycles. The highest BCUT2D eigenvalue weighted by Crippen LogP contribution is 2.08. The number of carbonyl (C=O) groups excluding carboxylic acids is 1. The van der Waals surface area contributed by atoms with E-state index < -0.39 is 0 Å². The van der Waals surface area contributed by atoms with Gasteiger partial charge < -0.3 is 9.57 Å². The van der Waals surface area contributed by atoms with E-state index in [9.17, 15) is 4.79 Å². The third kappa shape index (κ3) is 6.71. The highest BCUT2D eigenvalue weighted by molar-refractivity contribution is 6.10. The largest absolute Gasteiger partial charge is 0.466 e. The first-order valence-corrected chi connectivity index (χ1v) is 8.49. The third-order valence-corrected chi connectivity index (χ3v) is 3.40. The fourth-order valence-electron chi connectivity index (χ4n) is 2.20. The fraction of sp³-hybridized carbons (Fsp3) is 0.368. The van der Waals surface area contributed by atoms with E-state index in [1.807, 2.05) is 37.3 Å². The Balaban J connectivity index is 1.84. The second-order valence-electron chi connectivity index (χ2n) is 5.33. The molecule has 0 saturated heterocycles. The lowest BCUT2D eigenvalue weighted by Gasteiger charge is -2.06. The van der Waals surface area contributed by atoms with Gasteiger partial charge in [0.25, 0.3) is 0 Å². The minimum atomic E-state index is -0.144. The maximum Gasteiger partial charge on any atom is 0.305 e. The summed E-state index contributed by atoms with van der Waals surface area (Å²) in [6.45, 7) is 2.72. The van der Waals surface area contributed by atoms with Crippen LogP contribution in [-0.2, 0) is 14.4 Å². The summed E-state index contributed by atoms with van der Waals surface area (Å²) >= 11 is 0. The van der Waals surface area contributed by atoms with Crippen LogP contribution in [0.2, 0.25) is 0 Å². The van der Waals surface area contributed by atoms with Crippen LogP contribution >= 0.6 is 0 Å². The van der Waals surface area contributed by atoms with Crippen molar-refractivity contribution in [2.45, 2.75) is 32.6 Å². The molecule has 0 aliphatic rings. The third-order valence-electron chi connectivity index (χ3n) is 3.40. The summed E-state index contributed by atoms with van der Waals surface area (Å²) < 4.78 is 4.89. The monoisotopic (exact) mass is 341 g/mol. The first-order chi connectivity index (χ1) is 12.3. The average Bonchev–Trinajstić information content (AvgIpc) is 2.65. The molecule has 1 aromatic carbocycles. The van der Waals surface area contributed by atoms with Crippen molar-refractivity contribution in [1.82, 2.24) is 9.97 Å². The van der Waals surface area contributed by atoms with Gasteiger partial charge in [0.05, 0.1) is 6.61 Å². The molecule has 0 aliphatic heterocycles. The van der Waals surface area contributed by atoms with E-state index in [2.05, 4.69) is 15.1 Å². The van der Waals surface area contributed by atoms with Crippen molar-refractivity contribution in [3.63, 3.8) is 0 Å². The summed E-state index contributed by atoms with van der Waals surface area (Å²) in [6.07, 6.45) is 6.30. The first-order valence-electron chi connectivity index (χ1n) is 8.49. The summed E-state index contributed by atoms with van der Waals surface area (Å²) in [4.78, 5) is 25.2. The Bertz CT molecular complexity index is 619. The van der Waals surface area contributed by atoms with Crippen molar-refractivity contribution >= 4 is 11.7 Å². The van der Waals surface area contributed by atoms with E-state index in [-0.39, 0.29) is 5.97 Å². The molecule has 0 N–H and O–H groups in total. The molecular weight excluding hydrogens is 318 g/mol. The van der Waals surface area contributed by atoms with Crippen molar-refractivity contribution < 1.29 is 14.4 Å². The van der Waals surface area contributed by atoms with Gasteiger partial charge in [0.1, 0.15) is 6.61 Å². The Morgan fingerprint density at radius 2 is 1.80 bits per heavy atom. The van der Waals surface area contributed by atoms with Crippen molar-refractivity contribution in [2.24, 2.45) is 5.16 Å². The van der Waals surface area contributed by atoms with Crippen LogP contribution in [0.1, 0.15) is 44.0 Å². The predicted molar refractivity (Wildman–Crippen MR) is 95.2 cm³/mol. The highest BCUT2D eigenvalue weighted by atomic mass is 16.6. The molecule has 132 valence electrons. The number of aromatic nitrogens is 2. The van der Waals surface area contributed by atoms with Gasteiger partial charge in [0, 0.05) is 24.4 Å². The van der Waals surface area contributed by atoms with Crippen LogP contribution in [-0.4, -0.2) is 34.9 Å². The second kappa shape index (κ2) is 10.9. The number of benzene rings is 1. The number of ether oxygens (including phenoxy) is 1. The van der Waals surface area contributed by atoms with Gasteiger partial charge in [-0.2, -0.15) is 0 Å². The number of hydrogen-bond acceptors (Lipinski definition) is 6. The molecule has 2 aromatic rings. The van der Waals surface area contributed by atoms with Gasteiger partial charge in [0.2, 0.25) is 0 Å². The molecule has 1 heterocycles. The van der Waals surface area contributed by atoms with Crippen LogP contribution in [0.3, 0.4) is 0 Å². The summed E-state index contributed by atoms with van der Waals surface area (Å²) in [5.41, 5.74) is 1.50. The molecule has 0 bridgehead atoms. The normalized spacial score (nSPS) is 11.2. The molecule has 6 nitrogen and oxygen atoms in total. The number of unbranched alkanes of at least 4 members (excludes halogenated alkanes) is 2. The Kier molecular flexibility index (Phi) is 8.11. The van der Waals surface area contributed by atoms with Gasteiger partial charge in [-0.05, 0) is 32.3 Å². The molecule has 6 heteroatoms. The van der Waals surface area contributed by atoms with Crippen LogP contribution in [0.4, 0.5) is 0 Å². The summed E-state index contributed by atoms with van der Waals surface area (Å²) in [5, 5.41) is 4.23. The lowest BCUT2D eigenvalue weighted by atomic mass is 10.1. The average molecular weight is 341 g/mol. The molecule has 2 rings (SSSR count). The minimum absolute atomic E-state index is 0.144. The van der Waals surface area contributed by atoms with E-state index in [0.717, 1.165) is 24.8 Å². The molecule has 0 unspecified atom stereocenters. The minimum Gasteiger partial charge on any atom is -0.466 e. The maximum absolute atomic E-state index is 11.2. The predicted octanol–water partition coefficient (Wildman–Crippen LogP) is 3.37. The number of oxime groups is 1. The van der Waals surface area contributed by atoms with Gasteiger partial charge in [-0.3, -0.25) is 4.79 Å². The summed E-state index contributed by atoms with van der Waals surface area (Å²) in [7, 11) is 0. The smallest absolute Gasteiger partial charge is 0.305 e. The van der Waals surface area contributed by atoms with Crippen LogP contribution in [0.15, 0.2) is 53.9 Å². The van der Waals surface area contributed by atoms with Gasteiger partial charge in [-0.1, -0.05) is 35.5 Å². The molecule has 25 heavy (non-hydrogen) atoms. The van der Waals surface area contributed by atoms with Crippen LogP contribution < -0.4 is 0 Å². The van der Waals surface area contributed by atoms with Gasteiger partial charge >= 0.3 is 5.97 Å².